The quantitative estimate of drug-likeness (QED) is 0.166. The van der Waals surface area contributed by atoms with Crippen LogP contribution in [0.25, 0.3) is 22.7 Å². The first-order valence-electron chi connectivity index (χ1n) is 9.82. The number of ether oxygens (including phenoxy) is 3. The van der Waals surface area contributed by atoms with E-state index in [1.807, 2.05) is 0 Å². The van der Waals surface area contributed by atoms with Crippen molar-refractivity contribution in [3.8, 4) is 40.0 Å². The fourth-order valence-electron chi connectivity index (χ4n) is 3.32. The van der Waals surface area contributed by atoms with Crippen LogP contribution in [0, 0.1) is 14.9 Å². The molecule has 12 heteroatoms. The van der Waals surface area contributed by atoms with Crippen LogP contribution in [-0.4, -0.2) is 47.3 Å². The molecule has 0 aliphatic rings. The van der Waals surface area contributed by atoms with Crippen molar-refractivity contribution in [1.29, 1.82) is 0 Å². The molecular formula is C22H19N5O6S. The predicted molar refractivity (Wildman–Crippen MR) is 126 cm³/mol. The SMILES string of the molecule is COc1cc(-c2n[nH]c(=S)n2/N=C\c2ccc(-c3ccccc3[N+](=O)[O-])o2)cc(OC)c1OC. The van der Waals surface area contributed by atoms with E-state index in [9.17, 15) is 10.1 Å². The number of aromatic nitrogens is 3. The Bertz CT molecular complexity index is 1410. The van der Waals surface area contributed by atoms with Gasteiger partial charge in [0.1, 0.15) is 11.5 Å². The maximum atomic E-state index is 11.3. The van der Waals surface area contributed by atoms with E-state index in [2.05, 4.69) is 15.3 Å². The number of benzene rings is 2. The first kappa shape index (κ1) is 22.7. The Morgan fingerprint density at radius 2 is 1.82 bits per heavy atom. The highest BCUT2D eigenvalue weighted by atomic mass is 32.1. The molecule has 0 unspecified atom stereocenters. The summed E-state index contributed by atoms with van der Waals surface area (Å²) in [6, 6.07) is 13.1. The lowest BCUT2D eigenvalue weighted by molar-refractivity contribution is -0.384. The molecule has 0 saturated carbocycles. The predicted octanol–water partition coefficient (Wildman–Crippen LogP) is 4.68. The van der Waals surface area contributed by atoms with E-state index in [1.165, 1.54) is 38.3 Å². The molecule has 0 amide bonds. The van der Waals surface area contributed by atoms with Crippen LogP contribution in [0.3, 0.4) is 0 Å². The molecule has 0 fully saturated rings. The van der Waals surface area contributed by atoms with Gasteiger partial charge in [0.05, 0.1) is 38.0 Å². The van der Waals surface area contributed by atoms with Crippen molar-refractivity contribution in [3.63, 3.8) is 0 Å². The molecule has 11 nitrogen and oxygen atoms in total. The molecule has 0 saturated heterocycles. The molecule has 34 heavy (non-hydrogen) atoms. The third-order valence-electron chi connectivity index (χ3n) is 4.87. The Kier molecular flexibility index (Phi) is 6.41. The number of nitrogens with one attached hydrogen (secondary N) is 1. The van der Waals surface area contributed by atoms with Gasteiger partial charge >= 0.3 is 0 Å². The van der Waals surface area contributed by atoms with Crippen molar-refractivity contribution in [1.82, 2.24) is 14.9 Å². The second-order valence-electron chi connectivity index (χ2n) is 6.80. The van der Waals surface area contributed by atoms with Crippen LogP contribution >= 0.6 is 12.2 Å². The molecular weight excluding hydrogens is 462 g/mol. The first-order chi connectivity index (χ1) is 16.5. The summed E-state index contributed by atoms with van der Waals surface area (Å²) in [5, 5.41) is 22.7. The van der Waals surface area contributed by atoms with Gasteiger partial charge in [-0.15, -0.1) is 0 Å². The molecule has 0 atom stereocenters. The molecule has 2 heterocycles. The van der Waals surface area contributed by atoms with Crippen molar-refractivity contribution >= 4 is 24.1 Å². The number of H-pyrrole nitrogens is 1. The average molecular weight is 481 g/mol. The third-order valence-corrected chi connectivity index (χ3v) is 5.13. The van der Waals surface area contributed by atoms with E-state index in [4.69, 9.17) is 30.8 Å². The highest BCUT2D eigenvalue weighted by Crippen LogP contribution is 2.40. The van der Waals surface area contributed by atoms with E-state index in [1.54, 1.807) is 42.5 Å². The largest absolute Gasteiger partial charge is 0.493 e. The first-order valence-corrected chi connectivity index (χ1v) is 10.2. The van der Waals surface area contributed by atoms with Gasteiger partial charge in [0.2, 0.25) is 10.5 Å². The molecule has 2 aromatic carbocycles. The molecule has 2 aromatic heterocycles. The summed E-state index contributed by atoms with van der Waals surface area (Å²) < 4.78 is 23.6. The molecule has 4 aromatic rings. The van der Waals surface area contributed by atoms with Crippen molar-refractivity contribution in [3.05, 3.63) is 69.2 Å². The van der Waals surface area contributed by atoms with Crippen molar-refractivity contribution in [2.75, 3.05) is 21.3 Å². The summed E-state index contributed by atoms with van der Waals surface area (Å²) in [4.78, 5) is 10.9. The number of aromatic amines is 1. The molecule has 0 bridgehead atoms. The summed E-state index contributed by atoms with van der Waals surface area (Å²) in [7, 11) is 4.55. The lowest BCUT2D eigenvalue weighted by atomic mass is 10.1. The number of nitro benzene ring substituents is 1. The number of furan rings is 1. The second kappa shape index (κ2) is 9.58. The van der Waals surface area contributed by atoms with Crippen LogP contribution in [-0.2, 0) is 0 Å². The summed E-state index contributed by atoms with van der Waals surface area (Å²) in [6.07, 6.45) is 1.44. The summed E-state index contributed by atoms with van der Waals surface area (Å²) in [5.74, 6) is 2.44. The molecule has 0 aliphatic heterocycles. The Morgan fingerprint density at radius 3 is 2.47 bits per heavy atom. The normalized spacial score (nSPS) is 11.0. The Labute approximate surface area is 198 Å². The Morgan fingerprint density at radius 1 is 1.12 bits per heavy atom. The van der Waals surface area contributed by atoms with Gasteiger partial charge in [0, 0.05) is 11.6 Å². The number of hydrogen-bond acceptors (Lipinski definition) is 9. The summed E-state index contributed by atoms with van der Waals surface area (Å²) >= 11 is 5.33. The second-order valence-corrected chi connectivity index (χ2v) is 7.19. The Balaban J connectivity index is 1.70. The van der Waals surface area contributed by atoms with Gasteiger partial charge in [-0.25, -0.2) is 5.10 Å². The standard InChI is InChI=1S/C22H19N5O6S/c1-30-18-10-13(11-19(31-2)20(18)32-3)21-24-25-22(34)26(21)23-12-14-8-9-17(33-14)15-6-4-5-7-16(15)27(28)29/h4-12H,1-3H3,(H,25,34)/b23-12-. The van der Waals surface area contributed by atoms with Crippen LogP contribution in [0.1, 0.15) is 5.76 Å². The van der Waals surface area contributed by atoms with Crippen LogP contribution in [0.15, 0.2) is 58.0 Å². The smallest absolute Gasteiger partial charge is 0.280 e. The number of nitro groups is 1. The Hall–Kier alpha value is -4.45. The minimum Gasteiger partial charge on any atom is -0.493 e. The fourth-order valence-corrected chi connectivity index (χ4v) is 3.50. The highest BCUT2D eigenvalue weighted by molar-refractivity contribution is 7.71. The zero-order chi connectivity index (χ0) is 24.2. The lowest BCUT2D eigenvalue weighted by Gasteiger charge is -2.13. The van der Waals surface area contributed by atoms with Gasteiger partial charge in [0.25, 0.3) is 5.69 Å². The third kappa shape index (κ3) is 4.26. The summed E-state index contributed by atoms with van der Waals surface area (Å²) in [6.45, 7) is 0. The topological polar surface area (TPSA) is 130 Å². The van der Waals surface area contributed by atoms with Crippen LogP contribution in [0.2, 0.25) is 0 Å². The number of para-hydroxylation sites is 1. The molecule has 0 aliphatic carbocycles. The van der Waals surface area contributed by atoms with Gasteiger partial charge in [-0.2, -0.15) is 14.9 Å². The van der Waals surface area contributed by atoms with Gasteiger partial charge in [-0.1, -0.05) is 12.1 Å². The van der Waals surface area contributed by atoms with E-state index >= 15 is 0 Å². The maximum absolute atomic E-state index is 11.3. The van der Waals surface area contributed by atoms with Crippen molar-refractivity contribution in [2.24, 2.45) is 5.10 Å². The van der Waals surface area contributed by atoms with Crippen molar-refractivity contribution in [2.45, 2.75) is 0 Å². The average Bonchev–Trinajstić information content (AvgIpc) is 3.48. The zero-order valence-corrected chi connectivity index (χ0v) is 19.2. The monoisotopic (exact) mass is 481 g/mol. The van der Waals surface area contributed by atoms with E-state index in [0.717, 1.165) is 0 Å². The van der Waals surface area contributed by atoms with E-state index in [0.29, 0.717) is 45.7 Å². The van der Waals surface area contributed by atoms with E-state index < -0.39 is 4.92 Å². The van der Waals surface area contributed by atoms with Crippen LogP contribution in [0.4, 0.5) is 5.69 Å². The van der Waals surface area contributed by atoms with Gasteiger partial charge < -0.3 is 18.6 Å². The van der Waals surface area contributed by atoms with Gasteiger partial charge in [-0.05, 0) is 42.5 Å². The fraction of sp³-hybridized carbons (Fsp3) is 0.136. The maximum Gasteiger partial charge on any atom is 0.280 e. The number of rotatable bonds is 8. The number of hydrogen-bond donors (Lipinski definition) is 1. The number of methoxy groups -OCH3 is 3. The van der Waals surface area contributed by atoms with Gasteiger partial charge in [0.15, 0.2) is 17.3 Å². The van der Waals surface area contributed by atoms with Crippen LogP contribution in [0.5, 0.6) is 17.2 Å². The molecule has 4 rings (SSSR count). The molecule has 1 N–H and O–H groups in total. The van der Waals surface area contributed by atoms with Gasteiger partial charge in [-0.3, -0.25) is 10.1 Å². The summed E-state index contributed by atoms with van der Waals surface area (Å²) in [5.41, 5.74) is 0.923. The van der Waals surface area contributed by atoms with Crippen molar-refractivity contribution < 1.29 is 23.6 Å². The van der Waals surface area contributed by atoms with E-state index in [-0.39, 0.29) is 10.5 Å². The molecule has 174 valence electrons. The number of nitrogens with zero attached hydrogens (tertiary/aromatic N) is 4. The van der Waals surface area contributed by atoms with Crippen LogP contribution < -0.4 is 14.2 Å². The minimum atomic E-state index is -0.458. The lowest BCUT2D eigenvalue weighted by Crippen LogP contribution is -1.98. The highest BCUT2D eigenvalue weighted by Gasteiger charge is 2.19. The molecule has 0 radical (unpaired) electrons. The zero-order valence-electron chi connectivity index (χ0n) is 18.3. The minimum absolute atomic E-state index is 0.0536. The molecule has 0 spiro atoms.